The van der Waals surface area contributed by atoms with Crippen LogP contribution < -0.4 is 0 Å². The van der Waals surface area contributed by atoms with Crippen LogP contribution in [-0.2, 0) is 19.6 Å². The molecule has 0 saturated carbocycles. The molecule has 2 rings (SSSR count). The number of aromatic nitrogens is 1. The lowest BCUT2D eigenvalue weighted by molar-refractivity contribution is -0.143. The molecule has 1 heterocycles. The largest absolute Gasteiger partial charge is 0.431 e. The fourth-order valence-electron chi connectivity index (χ4n) is 2.11. The maximum absolute atomic E-state index is 13.1. The number of nitrogens with zero attached hydrogens (tertiary/aromatic N) is 2. The predicted octanol–water partition coefficient (Wildman–Crippen LogP) is 3.40. The van der Waals surface area contributed by atoms with E-state index < -0.39 is 17.7 Å². The van der Waals surface area contributed by atoms with Crippen LogP contribution >= 0.6 is 0 Å². The van der Waals surface area contributed by atoms with Crippen molar-refractivity contribution in [2.45, 2.75) is 12.6 Å². The Morgan fingerprint density at radius 2 is 2.00 bits per heavy atom. The smallest absolute Gasteiger partial charge is 0.340 e. The lowest BCUT2D eigenvalue weighted by atomic mass is 10.1. The third-order valence-corrected chi connectivity index (χ3v) is 2.79. The second-order valence-corrected chi connectivity index (χ2v) is 3.88. The third-order valence-electron chi connectivity index (χ3n) is 2.79. The lowest BCUT2D eigenvalue weighted by Crippen LogP contribution is -2.13. The summed E-state index contributed by atoms with van der Waals surface area (Å²) >= 11 is 0. The first-order chi connectivity index (χ1) is 8.36. The standard InChI is InChI=1S/C12H8F4N2/c1-18-10-6-7(13)2-3-8(10)9(4-5-17)11(18)12(14,15)16/h2-3,6H,4H2,1H3. The van der Waals surface area contributed by atoms with Crippen molar-refractivity contribution in [1.29, 1.82) is 5.26 Å². The van der Waals surface area contributed by atoms with Crippen molar-refractivity contribution in [2.24, 2.45) is 7.05 Å². The Kier molecular flexibility index (Phi) is 2.77. The van der Waals surface area contributed by atoms with Crippen molar-refractivity contribution in [3.8, 4) is 6.07 Å². The quantitative estimate of drug-likeness (QED) is 0.719. The average Bonchev–Trinajstić information content (AvgIpc) is 2.52. The van der Waals surface area contributed by atoms with Crippen LogP contribution in [0.1, 0.15) is 11.3 Å². The van der Waals surface area contributed by atoms with Gasteiger partial charge in [-0.2, -0.15) is 18.4 Å². The zero-order valence-electron chi connectivity index (χ0n) is 9.35. The Bertz CT molecular complexity index is 647. The van der Waals surface area contributed by atoms with Gasteiger partial charge in [-0.05, 0) is 18.2 Å². The fourth-order valence-corrected chi connectivity index (χ4v) is 2.11. The summed E-state index contributed by atoms with van der Waals surface area (Å²) in [6, 6.07) is 5.10. The maximum atomic E-state index is 13.1. The molecule has 0 aliphatic carbocycles. The number of benzene rings is 1. The Hall–Kier alpha value is -2.03. The van der Waals surface area contributed by atoms with Gasteiger partial charge in [-0.25, -0.2) is 4.39 Å². The number of hydrogen-bond acceptors (Lipinski definition) is 1. The molecule has 0 N–H and O–H groups in total. The van der Waals surface area contributed by atoms with Crippen molar-refractivity contribution in [3.63, 3.8) is 0 Å². The Balaban J connectivity index is 2.88. The SMILES string of the molecule is Cn1c(C(F)(F)F)c(CC#N)c2ccc(F)cc21. The number of hydrogen-bond donors (Lipinski definition) is 0. The molecular weight excluding hydrogens is 248 g/mol. The van der Waals surface area contributed by atoms with Gasteiger partial charge in [-0.3, -0.25) is 0 Å². The summed E-state index contributed by atoms with van der Waals surface area (Å²) in [7, 11) is 1.21. The molecule has 0 spiro atoms. The van der Waals surface area contributed by atoms with E-state index in [0.717, 1.165) is 16.7 Å². The van der Waals surface area contributed by atoms with Crippen LogP contribution in [0, 0.1) is 17.1 Å². The van der Waals surface area contributed by atoms with Crippen LogP contribution in [0.4, 0.5) is 17.6 Å². The third kappa shape index (κ3) is 1.82. The van der Waals surface area contributed by atoms with Gasteiger partial charge in [0.15, 0.2) is 0 Å². The van der Waals surface area contributed by atoms with Gasteiger partial charge in [0.2, 0.25) is 0 Å². The molecule has 0 fully saturated rings. The van der Waals surface area contributed by atoms with Gasteiger partial charge in [-0.15, -0.1) is 0 Å². The van der Waals surface area contributed by atoms with E-state index in [1.807, 2.05) is 0 Å². The molecule has 94 valence electrons. The molecule has 1 aromatic carbocycles. The van der Waals surface area contributed by atoms with Crippen LogP contribution in [0.15, 0.2) is 18.2 Å². The summed E-state index contributed by atoms with van der Waals surface area (Å²) in [5, 5.41) is 8.89. The predicted molar refractivity (Wildman–Crippen MR) is 57.2 cm³/mol. The van der Waals surface area contributed by atoms with Crippen LogP contribution in [0.2, 0.25) is 0 Å². The van der Waals surface area contributed by atoms with Gasteiger partial charge in [0.25, 0.3) is 0 Å². The van der Waals surface area contributed by atoms with E-state index >= 15 is 0 Å². The fraction of sp³-hybridized carbons (Fsp3) is 0.250. The van der Waals surface area contributed by atoms with Gasteiger partial charge in [0, 0.05) is 18.0 Å². The number of nitriles is 1. The molecule has 0 atom stereocenters. The summed E-state index contributed by atoms with van der Waals surface area (Å²) in [6.07, 6.45) is -4.94. The van der Waals surface area contributed by atoms with E-state index in [2.05, 4.69) is 0 Å². The van der Waals surface area contributed by atoms with Gasteiger partial charge < -0.3 is 4.57 Å². The summed E-state index contributed by atoms with van der Waals surface area (Å²) < 4.78 is 52.8. The van der Waals surface area contributed by atoms with Crippen molar-refractivity contribution in [3.05, 3.63) is 35.3 Å². The molecule has 0 saturated heterocycles. The first-order valence-electron chi connectivity index (χ1n) is 5.07. The van der Waals surface area contributed by atoms with Gasteiger partial charge in [0.05, 0.1) is 18.0 Å². The first-order valence-corrected chi connectivity index (χ1v) is 5.07. The van der Waals surface area contributed by atoms with E-state index in [4.69, 9.17) is 5.26 Å². The van der Waals surface area contributed by atoms with Crippen molar-refractivity contribution in [1.82, 2.24) is 4.57 Å². The first kappa shape index (κ1) is 12.4. The highest BCUT2D eigenvalue weighted by Crippen LogP contribution is 2.37. The molecule has 1 aromatic heterocycles. The molecule has 6 heteroatoms. The number of fused-ring (bicyclic) bond motifs is 1. The molecule has 0 aliphatic rings. The minimum absolute atomic E-state index is 0.109. The number of rotatable bonds is 1. The van der Waals surface area contributed by atoms with Crippen molar-refractivity contribution < 1.29 is 17.6 Å². The van der Waals surface area contributed by atoms with Gasteiger partial charge >= 0.3 is 6.18 Å². The maximum Gasteiger partial charge on any atom is 0.431 e. The highest BCUT2D eigenvalue weighted by Gasteiger charge is 2.38. The molecule has 0 radical (unpaired) electrons. The number of alkyl halides is 3. The molecule has 0 unspecified atom stereocenters. The van der Waals surface area contributed by atoms with Crippen LogP contribution in [0.5, 0.6) is 0 Å². The van der Waals surface area contributed by atoms with Crippen molar-refractivity contribution in [2.75, 3.05) is 0 Å². The van der Waals surface area contributed by atoms with E-state index in [0.29, 0.717) is 0 Å². The Labute approximate surface area is 100 Å². The van der Waals surface area contributed by atoms with Crippen LogP contribution in [0.3, 0.4) is 0 Å². The van der Waals surface area contributed by atoms with Crippen LogP contribution in [-0.4, -0.2) is 4.57 Å². The average molecular weight is 256 g/mol. The Morgan fingerprint density at radius 3 is 2.56 bits per heavy atom. The second kappa shape index (κ2) is 4.02. The second-order valence-electron chi connectivity index (χ2n) is 3.88. The van der Waals surface area contributed by atoms with Gasteiger partial charge in [-0.1, -0.05) is 0 Å². The molecule has 2 nitrogen and oxygen atoms in total. The van der Waals surface area contributed by atoms with Crippen molar-refractivity contribution >= 4 is 10.9 Å². The molecular formula is C12H8F4N2. The minimum Gasteiger partial charge on any atom is -0.340 e. The van der Waals surface area contributed by atoms with E-state index in [1.165, 1.54) is 13.1 Å². The highest BCUT2D eigenvalue weighted by molar-refractivity contribution is 5.86. The van der Waals surface area contributed by atoms with E-state index in [1.54, 1.807) is 6.07 Å². The zero-order chi connectivity index (χ0) is 13.5. The monoisotopic (exact) mass is 256 g/mol. The minimum atomic E-state index is -4.57. The summed E-state index contributed by atoms with van der Waals surface area (Å²) in [5.74, 6) is -0.611. The Morgan fingerprint density at radius 1 is 1.33 bits per heavy atom. The number of halogens is 4. The van der Waals surface area contributed by atoms with E-state index in [-0.39, 0.29) is 22.9 Å². The lowest BCUT2D eigenvalue weighted by Gasteiger charge is -2.09. The molecule has 0 amide bonds. The summed E-state index contributed by atoms with van der Waals surface area (Å²) in [5.41, 5.74) is -0.875. The normalized spacial score (nSPS) is 11.8. The summed E-state index contributed by atoms with van der Waals surface area (Å²) in [6.45, 7) is 0. The van der Waals surface area contributed by atoms with E-state index in [9.17, 15) is 17.6 Å². The molecule has 2 aromatic rings. The molecule has 0 aliphatic heterocycles. The highest BCUT2D eigenvalue weighted by atomic mass is 19.4. The number of aryl methyl sites for hydroxylation is 1. The molecule has 18 heavy (non-hydrogen) atoms. The molecule has 0 bridgehead atoms. The van der Waals surface area contributed by atoms with Gasteiger partial charge in [0.1, 0.15) is 11.5 Å². The van der Waals surface area contributed by atoms with Crippen LogP contribution in [0.25, 0.3) is 10.9 Å². The summed E-state index contributed by atoms with van der Waals surface area (Å²) in [4.78, 5) is 0. The zero-order valence-corrected chi connectivity index (χ0v) is 9.35. The topological polar surface area (TPSA) is 28.7 Å².